The van der Waals surface area contributed by atoms with Crippen LogP contribution in [0.5, 0.6) is 11.5 Å². The van der Waals surface area contributed by atoms with Crippen LogP contribution in [0.15, 0.2) is 24.3 Å². The molecule has 9 heteroatoms. The predicted octanol–water partition coefficient (Wildman–Crippen LogP) is 5.29. The second-order valence-electron chi connectivity index (χ2n) is 8.32. The highest BCUT2D eigenvalue weighted by Crippen LogP contribution is 2.43. The minimum absolute atomic E-state index is 0.0661. The van der Waals surface area contributed by atoms with Gasteiger partial charge < -0.3 is 19.5 Å². The van der Waals surface area contributed by atoms with E-state index in [9.17, 15) is 13.2 Å². The van der Waals surface area contributed by atoms with Crippen molar-refractivity contribution in [2.75, 3.05) is 25.1 Å². The van der Waals surface area contributed by atoms with Crippen LogP contribution in [-0.4, -0.2) is 35.9 Å². The van der Waals surface area contributed by atoms with Crippen LogP contribution >= 0.6 is 0 Å². The number of nitrogens with zero attached hydrogens (tertiary/aromatic N) is 2. The maximum atomic E-state index is 14.7. The van der Waals surface area contributed by atoms with Crippen molar-refractivity contribution in [2.24, 2.45) is 0 Å². The van der Waals surface area contributed by atoms with Gasteiger partial charge in [-0.05, 0) is 19.9 Å². The Hall–Kier alpha value is -3.07. The smallest absolute Gasteiger partial charge is 0.266 e. The lowest BCUT2D eigenvalue weighted by molar-refractivity contribution is 0.138. The van der Waals surface area contributed by atoms with Gasteiger partial charge in [0.2, 0.25) is 0 Å². The van der Waals surface area contributed by atoms with Crippen molar-refractivity contribution in [2.45, 2.75) is 45.3 Å². The summed E-state index contributed by atoms with van der Waals surface area (Å²) in [6, 6.07) is 5.24. The van der Waals surface area contributed by atoms with E-state index in [-0.39, 0.29) is 11.7 Å². The molecular formula is C24H24F3N3O3. The second-order valence-corrected chi connectivity index (χ2v) is 8.32. The number of nitrogens with one attached hydrogen (secondary N) is 1. The molecule has 0 spiro atoms. The average Bonchev–Trinajstić information content (AvgIpc) is 3.46. The van der Waals surface area contributed by atoms with Crippen LogP contribution < -0.4 is 14.8 Å². The molecule has 2 aromatic carbocycles. The van der Waals surface area contributed by atoms with Crippen molar-refractivity contribution in [3.63, 3.8) is 0 Å². The van der Waals surface area contributed by atoms with E-state index >= 15 is 0 Å². The summed E-state index contributed by atoms with van der Waals surface area (Å²) in [5.74, 6) is 1.38. The molecule has 174 valence electrons. The van der Waals surface area contributed by atoms with Gasteiger partial charge in [0, 0.05) is 29.4 Å². The molecule has 1 unspecified atom stereocenters. The summed E-state index contributed by atoms with van der Waals surface area (Å²) in [6.45, 7) is 5.17. The van der Waals surface area contributed by atoms with E-state index in [1.807, 2.05) is 6.07 Å². The molecule has 5 rings (SSSR count). The number of halogens is 3. The molecule has 1 saturated heterocycles. The number of rotatable bonds is 6. The third kappa shape index (κ3) is 4.06. The Balaban J connectivity index is 1.56. The van der Waals surface area contributed by atoms with Crippen molar-refractivity contribution in [3.8, 4) is 11.5 Å². The van der Waals surface area contributed by atoms with E-state index in [0.717, 1.165) is 23.6 Å². The van der Waals surface area contributed by atoms with Gasteiger partial charge >= 0.3 is 0 Å². The average molecular weight is 459 g/mol. The lowest BCUT2D eigenvalue weighted by atomic mass is 10.0. The monoisotopic (exact) mass is 459 g/mol. The number of alkyl halides is 2. The number of hydrogen-bond donors (Lipinski definition) is 1. The summed E-state index contributed by atoms with van der Waals surface area (Å²) >= 11 is 0. The molecule has 1 aromatic heterocycles. The molecule has 3 heterocycles. The van der Waals surface area contributed by atoms with Gasteiger partial charge in [0.25, 0.3) is 6.43 Å². The van der Waals surface area contributed by atoms with Gasteiger partial charge in [-0.2, -0.15) is 0 Å². The second kappa shape index (κ2) is 8.70. The number of aryl methyl sites for hydroxylation is 1. The van der Waals surface area contributed by atoms with Gasteiger partial charge in [-0.25, -0.2) is 23.1 Å². The summed E-state index contributed by atoms with van der Waals surface area (Å²) in [6.07, 6.45) is -1.48. The summed E-state index contributed by atoms with van der Waals surface area (Å²) in [7, 11) is 0. The van der Waals surface area contributed by atoms with Gasteiger partial charge in [0.15, 0.2) is 11.5 Å². The molecule has 6 nitrogen and oxygen atoms in total. The van der Waals surface area contributed by atoms with Crippen molar-refractivity contribution in [1.29, 1.82) is 0 Å². The zero-order valence-corrected chi connectivity index (χ0v) is 18.3. The first-order valence-corrected chi connectivity index (χ1v) is 11.0. The number of aromatic nitrogens is 2. The number of ether oxygens (including phenoxy) is 3. The highest BCUT2D eigenvalue weighted by atomic mass is 19.3. The van der Waals surface area contributed by atoms with Gasteiger partial charge in [-0.15, -0.1) is 0 Å². The Morgan fingerprint density at radius 2 is 2.00 bits per heavy atom. The van der Waals surface area contributed by atoms with Crippen LogP contribution in [0.4, 0.5) is 19.0 Å². The maximum Gasteiger partial charge on any atom is 0.266 e. The molecule has 0 amide bonds. The number of anilines is 1. The fourth-order valence-corrected chi connectivity index (χ4v) is 4.38. The first-order valence-electron chi connectivity index (χ1n) is 11.0. The fraction of sp³-hybridized carbons (Fsp3) is 0.417. The molecule has 3 aromatic rings. The van der Waals surface area contributed by atoms with Crippen LogP contribution in [0.1, 0.15) is 48.3 Å². The molecule has 0 saturated carbocycles. The van der Waals surface area contributed by atoms with Crippen LogP contribution in [-0.2, 0) is 11.2 Å². The van der Waals surface area contributed by atoms with Crippen molar-refractivity contribution in [1.82, 2.24) is 9.97 Å². The molecule has 1 fully saturated rings. The highest BCUT2D eigenvalue weighted by Gasteiger charge is 2.28. The Bertz CT molecular complexity index is 1200. The Labute approximate surface area is 189 Å². The standard InChI is InChI=1S/C24H24F3N3O3/c1-12(15-4-3-5-16(20(15)25)23(26)27)28-24-18-10-19(33-14-6-8-31-11-14)22-17(7-9-32-22)21(18)29-13(2)30-24/h3-5,10,12,14,23H,6-9,11H2,1-2H3,(H,28,29,30)/t12-,14?/m1/s1. The number of fused-ring (bicyclic) bond motifs is 3. The maximum absolute atomic E-state index is 14.7. The summed E-state index contributed by atoms with van der Waals surface area (Å²) < 4.78 is 58.6. The Morgan fingerprint density at radius 3 is 2.76 bits per heavy atom. The molecule has 0 radical (unpaired) electrons. The summed E-state index contributed by atoms with van der Waals surface area (Å²) in [5, 5.41) is 3.91. The van der Waals surface area contributed by atoms with Crippen LogP contribution in [0, 0.1) is 12.7 Å². The topological polar surface area (TPSA) is 65.5 Å². The lowest BCUT2D eigenvalue weighted by Gasteiger charge is -2.20. The summed E-state index contributed by atoms with van der Waals surface area (Å²) in [4.78, 5) is 9.17. The zero-order valence-electron chi connectivity index (χ0n) is 18.3. The van der Waals surface area contributed by atoms with E-state index in [1.165, 1.54) is 12.1 Å². The normalized spacial score (nSPS) is 18.4. The van der Waals surface area contributed by atoms with Gasteiger partial charge in [-0.3, -0.25) is 0 Å². The zero-order chi connectivity index (χ0) is 23.1. The van der Waals surface area contributed by atoms with Crippen LogP contribution in [0.2, 0.25) is 0 Å². The van der Waals surface area contributed by atoms with Gasteiger partial charge in [0.05, 0.1) is 36.9 Å². The van der Waals surface area contributed by atoms with E-state index < -0.39 is 23.8 Å². The molecule has 0 bridgehead atoms. The van der Waals surface area contributed by atoms with E-state index in [4.69, 9.17) is 14.2 Å². The third-order valence-electron chi connectivity index (χ3n) is 6.01. The van der Waals surface area contributed by atoms with Crippen molar-refractivity contribution in [3.05, 3.63) is 52.6 Å². The molecule has 1 N–H and O–H groups in total. The quantitative estimate of drug-likeness (QED) is 0.540. The minimum Gasteiger partial charge on any atom is -0.489 e. The van der Waals surface area contributed by atoms with E-state index in [2.05, 4.69) is 15.3 Å². The van der Waals surface area contributed by atoms with E-state index in [1.54, 1.807) is 13.8 Å². The molecular weight excluding hydrogens is 435 g/mol. The molecule has 2 atom stereocenters. The molecule has 2 aliphatic heterocycles. The lowest BCUT2D eigenvalue weighted by Crippen LogP contribution is -2.16. The predicted molar refractivity (Wildman–Crippen MR) is 117 cm³/mol. The van der Waals surface area contributed by atoms with E-state index in [0.29, 0.717) is 54.8 Å². The Kier molecular flexibility index (Phi) is 5.74. The molecule has 2 aliphatic rings. The number of hydrogen-bond acceptors (Lipinski definition) is 6. The van der Waals surface area contributed by atoms with Gasteiger partial charge in [0.1, 0.15) is 23.6 Å². The number of benzene rings is 2. The first-order chi connectivity index (χ1) is 15.9. The minimum atomic E-state index is -2.89. The largest absolute Gasteiger partial charge is 0.489 e. The van der Waals surface area contributed by atoms with Gasteiger partial charge in [-0.1, -0.05) is 18.2 Å². The van der Waals surface area contributed by atoms with Crippen molar-refractivity contribution < 1.29 is 27.4 Å². The molecule has 33 heavy (non-hydrogen) atoms. The SMILES string of the molecule is Cc1nc(N[C@H](C)c2cccc(C(F)F)c2F)c2cc(OC3CCOC3)c3c(c2n1)CCO3. The third-order valence-corrected chi connectivity index (χ3v) is 6.01. The van der Waals surface area contributed by atoms with Crippen LogP contribution in [0.25, 0.3) is 10.9 Å². The first kappa shape index (κ1) is 21.8. The summed E-state index contributed by atoms with van der Waals surface area (Å²) in [5.41, 5.74) is 1.20. The molecule has 0 aliphatic carbocycles. The fourth-order valence-electron chi connectivity index (χ4n) is 4.38. The van der Waals surface area contributed by atoms with Crippen molar-refractivity contribution >= 4 is 16.7 Å². The Morgan fingerprint density at radius 1 is 1.18 bits per heavy atom. The van der Waals surface area contributed by atoms with Crippen LogP contribution in [0.3, 0.4) is 0 Å². The highest BCUT2D eigenvalue weighted by molar-refractivity contribution is 5.95.